The van der Waals surface area contributed by atoms with Crippen LogP contribution in [0.5, 0.6) is 5.75 Å². The van der Waals surface area contributed by atoms with Gasteiger partial charge in [-0.1, -0.05) is 42.5 Å². The minimum Gasteiger partial charge on any atom is -0.486 e. The molecule has 3 aliphatic rings. The summed E-state index contributed by atoms with van der Waals surface area (Å²) in [6.07, 6.45) is 2.21. The highest BCUT2D eigenvalue weighted by Gasteiger charge is 2.70. The van der Waals surface area contributed by atoms with Crippen LogP contribution in [0, 0.1) is 17.8 Å². The molecule has 0 bridgehead atoms. The number of nitrogens with one attached hydrogen (secondary N) is 1. The second-order valence-corrected chi connectivity index (χ2v) is 8.16. The van der Waals surface area contributed by atoms with Crippen LogP contribution in [-0.4, -0.2) is 17.3 Å². The molecular formula is C23H23NO3. The summed E-state index contributed by atoms with van der Waals surface area (Å²) < 4.78 is 6.37. The second-order valence-electron chi connectivity index (χ2n) is 8.16. The van der Waals surface area contributed by atoms with Gasteiger partial charge in [0, 0.05) is 11.8 Å². The SMILES string of the molecule is C[C@H](NC(=O)[C@@H]1[C@@H]2CC[C@@]3(CC(=O)c4ccccc4O3)[C@@H]21)c1ccccc1. The number of ketones is 1. The summed E-state index contributed by atoms with van der Waals surface area (Å²) in [5.74, 6) is 1.36. The zero-order valence-corrected chi connectivity index (χ0v) is 15.4. The van der Waals surface area contributed by atoms with Gasteiger partial charge in [-0.2, -0.15) is 0 Å². The summed E-state index contributed by atoms with van der Waals surface area (Å²) in [5, 5.41) is 3.16. The van der Waals surface area contributed by atoms with Gasteiger partial charge in [0.25, 0.3) is 0 Å². The molecule has 2 aromatic rings. The highest BCUT2D eigenvalue weighted by Crippen LogP contribution is 2.65. The van der Waals surface area contributed by atoms with Gasteiger partial charge in [-0.3, -0.25) is 9.59 Å². The molecule has 1 spiro atoms. The van der Waals surface area contributed by atoms with E-state index in [4.69, 9.17) is 4.74 Å². The Hall–Kier alpha value is -2.62. The first-order chi connectivity index (χ1) is 13.1. The minimum absolute atomic E-state index is 0.0226. The molecule has 5 atom stereocenters. The number of rotatable bonds is 3. The van der Waals surface area contributed by atoms with Crippen molar-refractivity contribution in [1.82, 2.24) is 5.32 Å². The number of amides is 1. The third kappa shape index (κ3) is 2.58. The fourth-order valence-electron chi connectivity index (χ4n) is 5.25. The van der Waals surface area contributed by atoms with Crippen LogP contribution < -0.4 is 10.1 Å². The molecule has 4 nitrogen and oxygen atoms in total. The number of hydrogen-bond donors (Lipinski definition) is 1. The van der Waals surface area contributed by atoms with E-state index in [9.17, 15) is 9.59 Å². The van der Waals surface area contributed by atoms with Crippen LogP contribution in [0.3, 0.4) is 0 Å². The maximum Gasteiger partial charge on any atom is 0.224 e. The quantitative estimate of drug-likeness (QED) is 0.901. The highest BCUT2D eigenvalue weighted by atomic mass is 16.5. The Kier molecular flexibility index (Phi) is 3.64. The summed E-state index contributed by atoms with van der Waals surface area (Å²) >= 11 is 0. The standard InChI is InChI=1S/C23H23NO3/c1-14(15-7-3-2-4-8-15)24-22(26)20-17-11-12-23(21(17)20)13-18(25)16-9-5-6-10-19(16)27-23/h2-10,14,17,20-21H,11-13H2,1H3,(H,24,26)/t14-,17-,20+,21-,23+/m0/s1. The third-order valence-corrected chi connectivity index (χ3v) is 6.60. The van der Waals surface area contributed by atoms with Crippen LogP contribution in [-0.2, 0) is 4.79 Å². The topological polar surface area (TPSA) is 55.4 Å². The van der Waals surface area contributed by atoms with E-state index >= 15 is 0 Å². The molecule has 0 saturated heterocycles. The molecule has 0 radical (unpaired) electrons. The summed E-state index contributed by atoms with van der Waals surface area (Å²) in [6, 6.07) is 17.4. The van der Waals surface area contributed by atoms with Gasteiger partial charge in [0.1, 0.15) is 11.4 Å². The molecule has 1 amide bonds. The van der Waals surface area contributed by atoms with Crippen molar-refractivity contribution in [1.29, 1.82) is 0 Å². The predicted octanol–water partition coefficient (Wildman–Crippen LogP) is 3.92. The molecule has 138 valence electrons. The number of hydrogen-bond acceptors (Lipinski definition) is 3. The highest BCUT2D eigenvalue weighted by molar-refractivity contribution is 6.00. The maximum absolute atomic E-state index is 12.9. The molecule has 0 unspecified atom stereocenters. The van der Waals surface area contributed by atoms with E-state index in [1.54, 1.807) is 0 Å². The summed E-state index contributed by atoms with van der Waals surface area (Å²) in [5.41, 5.74) is 1.28. The maximum atomic E-state index is 12.9. The lowest BCUT2D eigenvalue weighted by molar-refractivity contribution is -0.124. The zero-order chi connectivity index (χ0) is 18.6. The van der Waals surface area contributed by atoms with E-state index < -0.39 is 5.60 Å². The van der Waals surface area contributed by atoms with Crippen molar-refractivity contribution in [2.75, 3.05) is 0 Å². The first-order valence-electron chi connectivity index (χ1n) is 9.76. The Morgan fingerprint density at radius 3 is 2.70 bits per heavy atom. The second kappa shape index (κ2) is 5.95. The predicted molar refractivity (Wildman–Crippen MR) is 101 cm³/mol. The van der Waals surface area contributed by atoms with Crippen molar-refractivity contribution < 1.29 is 14.3 Å². The molecule has 2 fully saturated rings. The lowest BCUT2D eigenvalue weighted by Gasteiger charge is -2.37. The Labute approximate surface area is 158 Å². The molecule has 1 aliphatic heterocycles. The third-order valence-electron chi connectivity index (χ3n) is 6.60. The zero-order valence-electron chi connectivity index (χ0n) is 15.4. The van der Waals surface area contributed by atoms with Gasteiger partial charge in [-0.25, -0.2) is 0 Å². The van der Waals surface area contributed by atoms with Gasteiger partial charge >= 0.3 is 0 Å². The lowest BCUT2D eigenvalue weighted by atomic mass is 9.84. The molecule has 27 heavy (non-hydrogen) atoms. The Morgan fingerprint density at radius 1 is 1.15 bits per heavy atom. The van der Waals surface area contributed by atoms with E-state index in [2.05, 4.69) is 5.32 Å². The number of carbonyl (C=O) groups excluding carboxylic acids is 2. The number of fused-ring (bicyclic) bond motifs is 3. The van der Waals surface area contributed by atoms with Crippen LogP contribution >= 0.6 is 0 Å². The number of benzene rings is 2. The summed E-state index contributed by atoms with van der Waals surface area (Å²) in [7, 11) is 0. The first-order valence-corrected chi connectivity index (χ1v) is 9.76. The average Bonchev–Trinajstić information content (AvgIpc) is 3.34. The fraction of sp³-hybridized carbons (Fsp3) is 0.391. The molecule has 4 heteroatoms. The molecule has 1 N–H and O–H groups in total. The van der Waals surface area contributed by atoms with Gasteiger partial charge < -0.3 is 10.1 Å². The number of carbonyl (C=O) groups is 2. The van der Waals surface area contributed by atoms with Crippen molar-refractivity contribution in [2.45, 2.75) is 37.8 Å². The van der Waals surface area contributed by atoms with E-state index in [0.717, 1.165) is 18.4 Å². The normalized spacial score (nSPS) is 31.6. The Morgan fingerprint density at radius 2 is 1.89 bits per heavy atom. The molecule has 0 aromatic heterocycles. The van der Waals surface area contributed by atoms with Gasteiger partial charge in [-0.15, -0.1) is 0 Å². The lowest BCUT2D eigenvalue weighted by Crippen LogP contribution is -2.44. The number of para-hydroxylation sites is 1. The largest absolute Gasteiger partial charge is 0.486 e. The van der Waals surface area contributed by atoms with Crippen LogP contribution in [0.15, 0.2) is 54.6 Å². The summed E-state index contributed by atoms with van der Waals surface area (Å²) in [4.78, 5) is 25.6. The average molecular weight is 361 g/mol. The number of ether oxygens (including phenoxy) is 1. The van der Waals surface area contributed by atoms with Crippen LogP contribution in [0.1, 0.15) is 48.1 Å². The van der Waals surface area contributed by atoms with Crippen molar-refractivity contribution in [3.63, 3.8) is 0 Å². The first kappa shape index (κ1) is 16.5. The van der Waals surface area contributed by atoms with Crippen molar-refractivity contribution in [3.8, 4) is 5.75 Å². The Balaban J connectivity index is 1.33. The Bertz CT molecular complexity index is 909. The molecule has 1 heterocycles. The number of Topliss-reactive ketones (excluding diaryl/α,β-unsaturated/α-hetero) is 1. The van der Waals surface area contributed by atoms with Gasteiger partial charge in [0.15, 0.2) is 5.78 Å². The van der Waals surface area contributed by atoms with Crippen LogP contribution in [0.25, 0.3) is 0 Å². The molecule has 2 saturated carbocycles. The van der Waals surface area contributed by atoms with Crippen molar-refractivity contribution >= 4 is 11.7 Å². The fourth-order valence-corrected chi connectivity index (χ4v) is 5.25. The van der Waals surface area contributed by atoms with Gasteiger partial charge in [0.05, 0.1) is 18.0 Å². The van der Waals surface area contributed by atoms with Crippen LogP contribution in [0.2, 0.25) is 0 Å². The van der Waals surface area contributed by atoms with E-state index in [1.165, 1.54) is 0 Å². The monoisotopic (exact) mass is 361 g/mol. The van der Waals surface area contributed by atoms with Crippen LogP contribution in [0.4, 0.5) is 0 Å². The van der Waals surface area contributed by atoms with E-state index in [1.807, 2.05) is 61.5 Å². The van der Waals surface area contributed by atoms with Gasteiger partial charge in [-0.05, 0) is 43.4 Å². The minimum atomic E-state index is -0.492. The molecule has 2 aliphatic carbocycles. The molecular weight excluding hydrogens is 338 g/mol. The summed E-state index contributed by atoms with van der Waals surface area (Å²) in [6.45, 7) is 2.01. The smallest absolute Gasteiger partial charge is 0.224 e. The van der Waals surface area contributed by atoms with Gasteiger partial charge in [0.2, 0.25) is 5.91 Å². The van der Waals surface area contributed by atoms with E-state index in [-0.39, 0.29) is 29.6 Å². The van der Waals surface area contributed by atoms with Crippen molar-refractivity contribution in [3.05, 3.63) is 65.7 Å². The van der Waals surface area contributed by atoms with E-state index in [0.29, 0.717) is 23.7 Å². The molecule has 2 aromatic carbocycles. The molecule has 5 rings (SSSR count). The van der Waals surface area contributed by atoms with Crippen molar-refractivity contribution in [2.24, 2.45) is 17.8 Å².